The Balaban J connectivity index is 3.47. The largest absolute Gasteiger partial charge is 0.289 e. The number of allylic oxidation sites excluding steroid dienone is 2. The number of benzene rings is 1. The first-order valence-corrected chi connectivity index (χ1v) is 5.13. The fourth-order valence-electron chi connectivity index (χ4n) is 1.44. The Morgan fingerprint density at radius 3 is 1.89 bits per heavy atom. The Bertz CT molecular complexity index is 660. The number of hydrogen-bond donors (Lipinski definition) is 0. The van der Waals surface area contributed by atoms with Gasteiger partial charge in [-0.2, -0.15) is 21.0 Å². The Hall–Kier alpha value is -3.41. The lowest BCUT2D eigenvalue weighted by molar-refractivity contribution is 0.102. The molecule has 0 aromatic heterocycles. The number of nitriles is 4. The summed E-state index contributed by atoms with van der Waals surface area (Å²) >= 11 is 0. The Labute approximate surface area is 109 Å². The Morgan fingerprint density at radius 2 is 1.47 bits per heavy atom. The first-order valence-electron chi connectivity index (χ1n) is 5.13. The number of hydrogen-bond acceptors (Lipinski definition) is 5. The molecule has 0 fully saturated rings. The number of carbonyl (C=O) groups is 1. The summed E-state index contributed by atoms with van der Waals surface area (Å²) in [5.41, 5.74) is -0.667. The van der Waals surface area contributed by atoms with Crippen LogP contribution in [-0.2, 0) is 0 Å². The second-order valence-electron chi connectivity index (χ2n) is 3.40. The zero-order chi connectivity index (χ0) is 14.3. The molecule has 1 rings (SSSR count). The molecule has 0 radical (unpaired) electrons. The molecule has 0 atom stereocenters. The Morgan fingerprint density at radius 1 is 0.947 bits per heavy atom. The van der Waals surface area contributed by atoms with Gasteiger partial charge in [0.2, 0.25) is 0 Å². The molecule has 0 saturated carbocycles. The summed E-state index contributed by atoms with van der Waals surface area (Å²) < 4.78 is 0. The first-order chi connectivity index (χ1) is 9.19. The smallest absolute Gasteiger partial charge is 0.193 e. The number of carbonyl (C=O) groups excluding carboxylic acids is 1. The van der Waals surface area contributed by atoms with Crippen molar-refractivity contribution < 1.29 is 4.79 Å². The van der Waals surface area contributed by atoms with Gasteiger partial charge < -0.3 is 0 Å². The number of nitrogens with zero attached hydrogens (tertiary/aromatic N) is 4. The van der Waals surface area contributed by atoms with Crippen molar-refractivity contribution in [3.05, 3.63) is 47.0 Å². The van der Waals surface area contributed by atoms with E-state index in [4.69, 9.17) is 21.0 Å². The number of Topliss-reactive ketones (excluding diaryl/α,β-unsaturated/α-hetero) is 1. The van der Waals surface area contributed by atoms with Crippen LogP contribution in [0.1, 0.15) is 10.4 Å². The Kier molecular flexibility index (Phi) is 4.57. The fourth-order valence-corrected chi connectivity index (χ4v) is 1.44. The topological polar surface area (TPSA) is 112 Å². The van der Waals surface area contributed by atoms with Crippen molar-refractivity contribution in [2.45, 2.75) is 0 Å². The minimum absolute atomic E-state index is 0.219. The van der Waals surface area contributed by atoms with Gasteiger partial charge in [0.05, 0.1) is 17.7 Å². The molecule has 19 heavy (non-hydrogen) atoms. The molecule has 0 bridgehead atoms. The molecule has 0 aliphatic carbocycles. The van der Waals surface area contributed by atoms with Gasteiger partial charge in [0, 0.05) is 5.56 Å². The van der Waals surface area contributed by atoms with E-state index in [9.17, 15) is 4.79 Å². The SMILES string of the molecule is N#CC(C#N)=C(C(=O)c1ccccc1)C(C#N)C#N. The molecule has 0 N–H and O–H groups in total. The molecule has 1 aromatic carbocycles. The lowest BCUT2D eigenvalue weighted by Crippen LogP contribution is -2.13. The summed E-state index contributed by atoms with van der Waals surface area (Å²) in [7, 11) is 0. The van der Waals surface area contributed by atoms with Gasteiger partial charge >= 0.3 is 0 Å². The highest BCUT2D eigenvalue weighted by atomic mass is 16.1. The third-order valence-electron chi connectivity index (χ3n) is 2.32. The van der Waals surface area contributed by atoms with E-state index in [0.717, 1.165) is 0 Å². The fraction of sp³-hybridized carbons (Fsp3) is 0.0714. The molecule has 5 nitrogen and oxygen atoms in total. The summed E-state index contributed by atoms with van der Waals surface area (Å²) in [6, 6.07) is 14.2. The van der Waals surface area contributed by atoms with Crippen LogP contribution in [0.4, 0.5) is 0 Å². The quantitative estimate of drug-likeness (QED) is 0.459. The normalized spacial score (nSPS) is 8.47. The molecule has 0 aliphatic heterocycles. The predicted octanol–water partition coefficient (Wildman–Crippen LogP) is 1.88. The minimum atomic E-state index is -1.44. The second kappa shape index (κ2) is 6.36. The summed E-state index contributed by atoms with van der Waals surface area (Å²) in [5.74, 6) is -2.10. The molecule has 1 aromatic rings. The molecule has 0 unspecified atom stereocenters. The standard InChI is InChI=1S/C14H6N4O/c15-6-11(7-16)13(12(8-17)9-18)14(19)10-4-2-1-3-5-10/h1-5,11H. The van der Waals surface area contributed by atoms with Crippen molar-refractivity contribution in [3.8, 4) is 24.3 Å². The zero-order valence-corrected chi connectivity index (χ0v) is 9.66. The third kappa shape index (κ3) is 2.83. The molecule has 0 heterocycles. The third-order valence-corrected chi connectivity index (χ3v) is 2.32. The summed E-state index contributed by atoms with van der Waals surface area (Å²) in [6.45, 7) is 0. The van der Waals surface area contributed by atoms with Crippen molar-refractivity contribution in [2.75, 3.05) is 0 Å². The molecule has 0 aliphatic rings. The highest BCUT2D eigenvalue weighted by Crippen LogP contribution is 2.20. The maximum absolute atomic E-state index is 12.2. The van der Waals surface area contributed by atoms with E-state index in [2.05, 4.69) is 0 Å². The van der Waals surface area contributed by atoms with Crippen LogP contribution in [0.3, 0.4) is 0 Å². The van der Waals surface area contributed by atoms with Gasteiger partial charge in [-0.1, -0.05) is 30.3 Å². The highest BCUT2D eigenvalue weighted by Gasteiger charge is 2.26. The monoisotopic (exact) mass is 246 g/mol. The van der Waals surface area contributed by atoms with Crippen LogP contribution in [0.25, 0.3) is 0 Å². The molecular formula is C14H6N4O. The van der Waals surface area contributed by atoms with Gasteiger partial charge in [0.15, 0.2) is 11.7 Å². The summed E-state index contributed by atoms with van der Waals surface area (Å²) in [5, 5.41) is 35.4. The van der Waals surface area contributed by atoms with E-state index in [1.165, 1.54) is 12.1 Å². The maximum atomic E-state index is 12.2. The lowest BCUT2D eigenvalue weighted by Gasteiger charge is -2.06. The van der Waals surface area contributed by atoms with E-state index >= 15 is 0 Å². The number of ketones is 1. The average molecular weight is 246 g/mol. The van der Waals surface area contributed by atoms with E-state index < -0.39 is 17.3 Å². The molecule has 0 spiro atoms. The maximum Gasteiger partial charge on any atom is 0.193 e. The molecule has 0 amide bonds. The van der Waals surface area contributed by atoms with E-state index in [-0.39, 0.29) is 11.1 Å². The lowest BCUT2D eigenvalue weighted by atomic mass is 9.90. The van der Waals surface area contributed by atoms with Gasteiger partial charge in [0.25, 0.3) is 0 Å². The molecule has 0 saturated heterocycles. The van der Waals surface area contributed by atoms with Crippen LogP contribution >= 0.6 is 0 Å². The van der Waals surface area contributed by atoms with Crippen LogP contribution in [0, 0.1) is 51.2 Å². The van der Waals surface area contributed by atoms with Gasteiger partial charge in [-0.05, 0) is 0 Å². The molecule has 88 valence electrons. The first kappa shape index (κ1) is 13.7. The van der Waals surface area contributed by atoms with Crippen LogP contribution in [0.15, 0.2) is 41.5 Å². The second-order valence-corrected chi connectivity index (χ2v) is 3.40. The minimum Gasteiger partial charge on any atom is -0.289 e. The van der Waals surface area contributed by atoms with Gasteiger partial charge in [-0.3, -0.25) is 4.79 Å². The van der Waals surface area contributed by atoms with Gasteiger partial charge in [-0.15, -0.1) is 0 Å². The van der Waals surface area contributed by atoms with Crippen LogP contribution in [0.2, 0.25) is 0 Å². The zero-order valence-electron chi connectivity index (χ0n) is 9.66. The van der Waals surface area contributed by atoms with Crippen LogP contribution in [-0.4, -0.2) is 5.78 Å². The van der Waals surface area contributed by atoms with Crippen molar-refractivity contribution in [1.82, 2.24) is 0 Å². The van der Waals surface area contributed by atoms with Crippen LogP contribution < -0.4 is 0 Å². The van der Waals surface area contributed by atoms with E-state index in [1.54, 1.807) is 42.5 Å². The number of rotatable bonds is 3. The van der Waals surface area contributed by atoms with Gasteiger partial charge in [0.1, 0.15) is 17.7 Å². The van der Waals surface area contributed by atoms with E-state index in [1.807, 2.05) is 0 Å². The van der Waals surface area contributed by atoms with E-state index in [0.29, 0.717) is 0 Å². The summed E-state index contributed by atoms with van der Waals surface area (Å²) in [6.07, 6.45) is 0. The van der Waals surface area contributed by atoms with Crippen molar-refractivity contribution in [2.24, 2.45) is 5.92 Å². The molecular weight excluding hydrogens is 240 g/mol. The van der Waals surface area contributed by atoms with Crippen molar-refractivity contribution >= 4 is 5.78 Å². The van der Waals surface area contributed by atoms with Crippen LogP contribution in [0.5, 0.6) is 0 Å². The predicted molar refractivity (Wildman–Crippen MR) is 63.7 cm³/mol. The summed E-state index contributed by atoms with van der Waals surface area (Å²) in [4.78, 5) is 12.2. The van der Waals surface area contributed by atoms with Crippen molar-refractivity contribution in [1.29, 1.82) is 21.0 Å². The van der Waals surface area contributed by atoms with Crippen molar-refractivity contribution in [3.63, 3.8) is 0 Å². The van der Waals surface area contributed by atoms with Gasteiger partial charge in [-0.25, -0.2) is 0 Å². The average Bonchev–Trinajstić information content (AvgIpc) is 2.48. The molecule has 5 heteroatoms. The highest BCUT2D eigenvalue weighted by molar-refractivity contribution is 6.11.